The molecule has 0 bridgehead atoms. The molecule has 114 valence electrons. The maximum absolute atomic E-state index is 12.1. The second kappa shape index (κ2) is 5.01. The predicted molar refractivity (Wildman–Crippen MR) is 86.5 cm³/mol. The molecule has 0 aliphatic rings. The number of nitrogens with zero attached hydrogens (tertiary/aromatic N) is 4. The Kier molecular flexibility index (Phi) is 2.97. The fourth-order valence-electron chi connectivity index (χ4n) is 2.75. The third kappa shape index (κ3) is 2.03. The normalized spacial score (nSPS) is 11.4. The monoisotopic (exact) mass is 306 g/mol. The number of rotatable bonds is 2. The van der Waals surface area contributed by atoms with Gasteiger partial charge < -0.3 is 4.74 Å². The van der Waals surface area contributed by atoms with Gasteiger partial charge in [-0.2, -0.15) is 0 Å². The molecular formula is C17H14N4O2. The van der Waals surface area contributed by atoms with Crippen molar-refractivity contribution in [2.45, 2.75) is 13.8 Å². The average molecular weight is 306 g/mol. The summed E-state index contributed by atoms with van der Waals surface area (Å²) < 4.78 is 7.02. The first-order valence-electron chi connectivity index (χ1n) is 7.39. The van der Waals surface area contributed by atoms with Crippen molar-refractivity contribution in [1.82, 2.24) is 19.4 Å². The first-order chi connectivity index (χ1) is 11.2. The molecule has 0 saturated heterocycles. The lowest BCUT2D eigenvalue weighted by molar-refractivity contribution is 0.0525. The zero-order valence-electron chi connectivity index (χ0n) is 12.8. The number of hydrogen-bond acceptors (Lipinski definition) is 5. The molecular weight excluding hydrogens is 292 g/mol. The Morgan fingerprint density at radius 1 is 1.22 bits per heavy atom. The van der Waals surface area contributed by atoms with E-state index in [-0.39, 0.29) is 5.97 Å². The Balaban J connectivity index is 2.07. The zero-order valence-corrected chi connectivity index (χ0v) is 12.8. The van der Waals surface area contributed by atoms with Gasteiger partial charge in [-0.15, -0.1) is 0 Å². The molecule has 0 N–H and O–H groups in total. The summed E-state index contributed by atoms with van der Waals surface area (Å²) >= 11 is 0. The molecule has 23 heavy (non-hydrogen) atoms. The number of carbonyl (C=O) groups is 1. The number of ether oxygens (including phenoxy) is 1. The van der Waals surface area contributed by atoms with E-state index in [0.717, 1.165) is 27.7 Å². The van der Waals surface area contributed by atoms with Crippen LogP contribution in [0.3, 0.4) is 0 Å². The molecule has 6 nitrogen and oxygen atoms in total. The second-order valence-electron chi connectivity index (χ2n) is 5.24. The number of hydrogen-bond donors (Lipinski definition) is 0. The third-order valence-corrected chi connectivity index (χ3v) is 3.81. The number of esters is 1. The maximum Gasteiger partial charge on any atom is 0.339 e. The fraction of sp³-hybridized carbons (Fsp3) is 0.176. The van der Waals surface area contributed by atoms with Crippen LogP contribution in [0.15, 0.2) is 36.7 Å². The van der Waals surface area contributed by atoms with Crippen LogP contribution < -0.4 is 0 Å². The summed E-state index contributed by atoms with van der Waals surface area (Å²) in [5.74, 6) is -0.365. The molecule has 0 radical (unpaired) electrons. The van der Waals surface area contributed by atoms with Gasteiger partial charge in [-0.25, -0.2) is 14.8 Å². The Morgan fingerprint density at radius 2 is 2.09 bits per heavy atom. The van der Waals surface area contributed by atoms with Gasteiger partial charge in [0.2, 0.25) is 0 Å². The lowest BCUT2D eigenvalue weighted by Gasteiger charge is -2.07. The summed E-state index contributed by atoms with van der Waals surface area (Å²) in [6.45, 7) is 3.92. The number of pyridine rings is 3. The lowest BCUT2D eigenvalue weighted by Crippen LogP contribution is -2.08. The van der Waals surface area contributed by atoms with Crippen LogP contribution in [0.2, 0.25) is 0 Å². The number of carbonyl (C=O) groups excluding carboxylic acids is 1. The van der Waals surface area contributed by atoms with Crippen LogP contribution in [0.1, 0.15) is 23.0 Å². The highest BCUT2D eigenvalue weighted by Crippen LogP contribution is 2.24. The number of aromatic nitrogens is 4. The van der Waals surface area contributed by atoms with Crippen LogP contribution >= 0.6 is 0 Å². The van der Waals surface area contributed by atoms with Crippen molar-refractivity contribution < 1.29 is 9.53 Å². The Hall–Kier alpha value is -3.02. The SMILES string of the molecule is CCOC(=O)c1cc2c(ccn3c4ncccc4nc23)nc1C. The maximum atomic E-state index is 12.1. The fourth-order valence-corrected chi connectivity index (χ4v) is 2.75. The third-order valence-electron chi connectivity index (χ3n) is 3.81. The van der Waals surface area contributed by atoms with Gasteiger partial charge in [-0.3, -0.25) is 9.38 Å². The summed E-state index contributed by atoms with van der Waals surface area (Å²) in [6.07, 6.45) is 3.63. The highest BCUT2D eigenvalue weighted by Gasteiger charge is 2.16. The molecule has 0 fully saturated rings. The molecule has 0 spiro atoms. The van der Waals surface area contributed by atoms with Crippen molar-refractivity contribution in [1.29, 1.82) is 0 Å². The van der Waals surface area contributed by atoms with E-state index in [2.05, 4.69) is 15.0 Å². The summed E-state index contributed by atoms with van der Waals surface area (Å²) in [6, 6.07) is 7.47. The average Bonchev–Trinajstić information content (AvgIpc) is 2.93. The molecule has 0 aromatic carbocycles. The van der Waals surface area contributed by atoms with Gasteiger partial charge in [0.15, 0.2) is 5.65 Å². The quantitative estimate of drug-likeness (QED) is 0.533. The van der Waals surface area contributed by atoms with Crippen LogP contribution in [-0.4, -0.2) is 31.9 Å². The molecule has 4 heterocycles. The molecule has 0 aliphatic carbocycles. The molecule has 0 aliphatic heterocycles. The number of imidazole rings is 1. The Bertz CT molecular complexity index is 1070. The van der Waals surface area contributed by atoms with Gasteiger partial charge in [-0.1, -0.05) is 0 Å². The van der Waals surface area contributed by atoms with Gasteiger partial charge in [0.1, 0.15) is 11.2 Å². The largest absolute Gasteiger partial charge is 0.462 e. The number of aryl methyl sites for hydroxylation is 1. The molecule has 0 atom stereocenters. The predicted octanol–water partition coefficient (Wildman–Crippen LogP) is 2.92. The van der Waals surface area contributed by atoms with Crippen LogP contribution in [0, 0.1) is 6.92 Å². The van der Waals surface area contributed by atoms with E-state index < -0.39 is 0 Å². The van der Waals surface area contributed by atoms with Gasteiger partial charge in [-0.05, 0) is 38.1 Å². The van der Waals surface area contributed by atoms with Gasteiger partial charge >= 0.3 is 5.97 Å². The standard InChI is InChI=1S/C17H14N4O2/c1-3-23-17(22)11-9-12-13(19-10(11)2)6-8-21-15(12)20-14-5-4-7-18-16(14)21/h4-9H,3H2,1-2H3. The molecule has 4 aromatic rings. The lowest BCUT2D eigenvalue weighted by atomic mass is 10.1. The van der Waals surface area contributed by atoms with Crippen molar-refractivity contribution in [3.8, 4) is 0 Å². The smallest absolute Gasteiger partial charge is 0.339 e. The van der Waals surface area contributed by atoms with E-state index in [0.29, 0.717) is 17.9 Å². The van der Waals surface area contributed by atoms with E-state index in [4.69, 9.17) is 4.74 Å². The van der Waals surface area contributed by atoms with E-state index in [1.807, 2.05) is 28.8 Å². The summed E-state index contributed by atoms with van der Waals surface area (Å²) in [7, 11) is 0. The molecule has 0 saturated carbocycles. The molecule has 4 aromatic heterocycles. The Morgan fingerprint density at radius 3 is 2.91 bits per heavy atom. The minimum atomic E-state index is -0.365. The molecule has 4 rings (SSSR count). The summed E-state index contributed by atoms with van der Waals surface area (Å²) in [5.41, 5.74) is 4.22. The van der Waals surface area contributed by atoms with E-state index >= 15 is 0 Å². The van der Waals surface area contributed by atoms with Crippen molar-refractivity contribution in [3.63, 3.8) is 0 Å². The van der Waals surface area contributed by atoms with Gasteiger partial charge in [0, 0.05) is 17.8 Å². The first kappa shape index (κ1) is 13.6. The van der Waals surface area contributed by atoms with Crippen LogP contribution in [0.5, 0.6) is 0 Å². The first-order valence-corrected chi connectivity index (χ1v) is 7.39. The topological polar surface area (TPSA) is 69.4 Å². The minimum absolute atomic E-state index is 0.331. The van der Waals surface area contributed by atoms with Crippen molar-refractivity contribution in [3.05, 3.63) is 47.9 Å². The van der Waals surface area contributed by atoms with Gasteiger partial charge in [0.25, 0.3) is 0 Å². The summed E-state index contributed by atoms with van der Waals surface area (Å²) in [4.78, 5) is 25.6. The second-order valence-corrected chi connectivity index (χ2v) is 5.24. The van der Waals surface area contributed by atoms with Crippen LogP contribution in [0.4, 0.5) is 0 Å². The van der Waals surface area contributed by atoms with Crippen LogP contribution in [0.25, 0.3) is 27.7 Å². The minimum Gasteiger partial charge on any atom is -0.462 e. The van der Waals surface area contributed by atoms with Crippen LogP contribution in [-0.2, 0) is 4.74 Å². The highest BCUT2D eigenvalue weighted by molar-refractivity contribution is 6.01. The van der Waals surface area contributed by atoms with Crippen molar-refractivity contribution in [2.24, 2.45) is 0 Å². The van der Waals surface area contributed by atoms with Gasteiger partial charge in [0.05, 0.1) is 23.4 Å². The van der Waals surface area contributed by atoms with E-state index in [9.17, 15) is 4.79 Å². The van der Waals surface area contributed by atoms with E-state index in [1.54, 1.807) is 26.1 Å². The molecule has 6 heteroatoms. The molecule has 0 amide bonds. The summed E-state index contributed by atoms with van der Waals surface area (Å²) in [5, 5.41) is 0.805. The van der Waals surface area contributed by atoms with E-state index in [1.165, 1.54) is 0 Å². The van der Waals surface area contributed by atoms with Crippen molar-refractivity contribution in [2.75, 3.05) is 6.61 Å². The highest BCUT2D eigenvalue weighted by atomic mass is 16.5. The van der Waals surface area contributed by atoms with Crippen molar-refractivity contribution >= 4 is 33.7 Å². The number of fused-ring (bicyclic) bond motifs is 5. The molecule has 0 unspecified atom stereocenters. The Labute approximate surface area is 131 Å². The zero-order chi connectivity index (χ0) is 16.0.